The maximum atomic E-state index is 12.9. The highest BCUT2D eigenvalue weighted by molar-refractivity contribution is 6.30. The number of nitrogens with zero attached hydrogens (tertiary/aromatic N) is 6. The van der Waals surface area contributed by atoms with Crippen molar-refractivity contribution < 1.29 is 13.9 Å². The number of benzene rings is 2. The lowest BCUT2D eigenvalue weighted by molar-refractivity contribution is -0.135. The van der Waals surface area contributed by atoms with Crippen molar-refractivity contribution in [2.24, 2.45) is 0 Å². The second-order valence-corrected chi connectivity index (χ2v) is 7.32. The van der Waals surface area contributed by atoms with Crippen molar-refractivity contribution >= 4 is 17.5 Å². The Morgan fingerprint density at radius 1 is 1.03 bits per heavy atom. The first-order valence-electron chi connectivity index (χ1n) is 9.50. The molecule has 0 unspecified atom stereocenters. The average Bonchev–Trinajstić information content (AvgIpc) is 3.22. The predicted molar refractivity (Wildman–Crippen MR) is 108 cm³/mol. The molecule has 0 radical (unpaired) electrons. The Morgan fingerprint density at radius 2 is 1.73 bits per heavy atom. The number of tetrazole rings is 1. The number of halogens is 2. The van der Waals surface area contributed by atoms with E-state index in [2.05, 4.69) is 20.4 Å². The summed E-state index contributed by atoms with van der Waals surface area (Å²) in [4.78, 5) is 16.4. The lowest BCUT2D eigenvalue weighted by atomic mass is 10.3. The molecule has 1 aliphatic heterocycles. The molecule has 156 valence electrons. The first-order chi connectivity index (χ1) is 14.6. The minimum atomic E-state index is -0.341. The van der Waals surface area contributed by atoms with Crippen molar-refractivity contribution in [3.8, 4) is 11.4 Å². The van der Waals surface area contributed by atoms with Gasteiger partial charge in [-0.15, -0.1) is 5.10 Å². The van der Waals surface area contributed by atoms with Crippen LogP contribution in [-0.2, 0) is 11.3 Å². The van der Waals surface area contributed by atoms with Crippen molar-refractivity contribution in [1.29, 1.82) is 0 Å². The first kappa shape index (κ1) is 20.2. The normalized spacial score (nSPS) is 14.7. The summed E-state index contributed by atoms with van der Waals surface area (Å²) in [7, 11) is 0. The zero-order valence-electron chi connectivity index (χ0n) is 16.1. The molecule has 0 spiro atoms. The summed E-state index contributed by atoms with van der Waals surface area (Å²) < 4.78 is 20.1. The van der Waals surface area contributed by atoms with E-state index < -0.39 is 0 Å². The van der Waals surface area contributed by atoms with E-state index in [1.807, 2.05) is 12.1 Å². The molecule has 1 aromatic heterocycles. The Balaban J connectivity index is 1.28. The van der Waals surface area contributed by atoms with E-state index in [0.29, 0.717) is 43.5 Å². The van der Waals surface area contributed by atoms with E-state index in [4.69, 9.17) is 16.3 Å². The Hall–Kier alpha value is -3.04. The molecule has 8 nitrogen and oxygen atoms in total. The van der Waals surface area contributed by atoms with Crippen molar-refractivity contribution in [2.75, 3.05) is 32.8 Å². The third kappa shape index (κ3) is 4.92. The first-order valence-corrected chi connectivity index (χ1v) is 9.88. The SMILES string of the molecule is O=C(COc1ccc(F)cc1)N1CCN(Cc2nnnn2-c2ccc(Cl)cc2)CC1. The maximum Gasteiger partial charge on any atom is 0.260 e. The molecule has 0 bridgehead atoms. The van der Waals surface area contributed by atoms with Crippen LogP contribution >= 0.6 is 11.6 Å². The maximum absolute atomic E-state index is 12.9. The van der Waals surface area contributed by atoms with Gasteiger partial charge in [0, 0.05) is 31.2 Å². The second-order valence-electron chi connectivity index (χ2n) is 6.88. The number of piperazine rings is 1. The summed E-state index contributed by atoms with van der Waals surface area (Å²) in [5.74, 6) is 0.756. The molecule has 4 rings (SSSR count). The van der Waals surface area contributed by atoms with Gasteiger partial charge in [0.25, 0.3) is 5.91 Å². The summed E-state index contributed by atoms with van der Waals surface area (Å²) in [6, 6.07) is 12.9. The summed E-state index contributed by atoms with van der Waals surface area (Å²) >= 11 is 5.95. The average molecular weight is 431 g/mol. The second kappa shape index (κ2) is 9.19. The fraction of sp³-hybridized carbons (Fsp3) is 0.300. The third-order valence-electron chi connectivity index (χ3n) is 4.87. The highest BCUT2D eigenvalue weighted by atomic mass is 35.5. The van der Waals surface area contributed by atoms with Crippen molar-refractivity contribution in [2.45, 2.75) is 6.54 Å². The van der Waals surface area contributed by atoms with Crippen LogP contribution < -0.4 is 4.74 Å². The van der Waals surface area contributed by atoms with Crippen LogP contribution in [0.25, 0.3) is 5.69 Å². The zero-order chi connectivity index (χ0) is 20.9. The van der Waals surface area contributed by atoms with Gasteiger partial charge < -0.3 is 9.64 Å². The smallest absolute Gasteiger partial charge is 0.260 e. The summed E-state index contributed by atoms with van der Waals surface area (Å²) in [6.45, 7) is 3.10. The molecule has 30 heavy (non-hydrogen) atoms. The fourth-order valence-electron chi connectivity index (χ4n) is 3.21. The monoisotopic (exact) mass is 430 g/mol. The standard InChI is InChI=1S/C20H20ClFN6O2/c21-15-1-5-17(6-2-15)28-19(23-24-25-28)13-26-9-11-27(12-10-26)20(29)14-30-18-7-3-16(22)4-8-18/h1-8H,9-14H2. The van der Waals surface area contributed by atoms with E-state index in [9.17, 15) is 9.18 Å². The molecule has 2 aromatic carbocycles. The van der Waals surface area contributed by atoms with Crippen LogP contribution in [0.3, 0.4) is 0 Å². The van der Waals surface area contributed by atoms with Gasteiger partial charge in [-0.2, -0.15) is 4.68 Å². The molecule has 0 saturated carbocycles. The molecule has 1 amide bonds. The summed E-state index contributed by atoms with van der Waals surface area (Å²) in [5, 5.41) is 12.6. The van der Waals surface area contributed by atoms with Crippen LogP contribution in [0.5, 0.6) is 5.75 Å². The Bertz CT molecular complexity index is 987. The lowest BCUT2D eigenvalue weighted by Crippen LogP contribution is -2.49. The van der Waals surface area contributed by atoms with Gasteiger partial charge in [0.2, 0.25) is 0 Å². The van der Waals surface area contributed by atoms with Crippen LogP contribution in [0, 0.1) is 5.82 Å². The quantitative estimate of drug-likeness (QED) is 0.596. The molecule has 0 atom stereocenters. The molecule has 2 heterocycles. The van der Waals surface area contributed by atoms with E-state index in [1.54, 1.807) is 21.7 Å². The van der Waals surface area contributed by atoms with E-state index in [-0.39, 0.29) is 18.3 Å². The molecule has 1 fully saturated rings. The minimum Gasteiger partial charge on any atom is -0.484 e. The minimum absolute atomic E-state index is 0.0690. The molecular weight excluding hydrogens is 411 g/mol. The van der Waals surface area contributed by atoms with E-state index in [1.165, 1.54) is 24.3 Å². The number of carbonyl (C=O) groups is 1. The van der Waals surface area contributed by atoms with Crippen LogP contribution in [-0.4, -0.2) is 68.7 Å². The molecule has 10 heteroatoms. The lowest BCUT2D eigenvalue weighted by Gasteiger charge is -2.34. The number of hydrogen-bond donors (Lipinski definition) is 0. The molecule has 3 aromatic rings. The van der Waals surface area contributed by atoms with Gasteiger partial charge in [-0.05, 0) is 59.0 Å². The highest BCUT2D eigenvalue weighted by Crippen LogP contribution is 2.15. The number of aromatic nitrogens is 4. The molecular formula is C20H20ClFN6O2. The van der Waals surface area contributed by atoms with E-state index in [0.717, 1.165) is 11.5 Å². The Labute approximate surface area is 177 Å². The van der Waals surface area contributed by atoms with Gasteiger partial charge in [-0.1, -0.05) is 11.6 Å². The van der Waals surface area contributed by atoms with E-state index >= 15 is 0 Å². The third-order valence-corrected chi connectivity index (χ3v) is 5.12. The molecule has 1 aliphatic rings. The Kier molecular flexibility index (Phi) is 6.20. The van der Waals surface area contributed by atoms with Gasteiger partial charge in [0.05, 0.1) is 12.2 Å². The van der Waals surface area contributed by atoms with Gasteiger partial charge in [-0.25, -0.2) is 4.39 Å². The van der Waals surface area contributed by atoms with Crippen LogP contribution in [0.4, 0.5) is 4.39 Å². The van der Waals surface area contributed by atoms with Crippen LogP contribution in [0.1, 0.15) is 5.82 Å². The number of ether oxygens (including phenoxy) is 1. The predicted octanol–water partition coefficient (Wildman–Crippen LogP) is 2.18. The Morgan fingerprint density at radius 3 is 2.43 bits per heavy atom. The van der Waals surface area contributed by atoms with Crippen molar-refractivity contribution in [3.63, 3.8) is 0 Å². The molecule has 1 saturated heterocycles. The van der Waals surface area contributed by atoms with Gasteiger partial charge >= 0.3 is 0 Å². The van der Waals surface area contributed by atoms with Crippen molar-refractivity contribution in [3.05, 3.63) is 65.2 Å². The number of rotatable bonds is 6. The number of hydrogen-bond acceptors (Lipinski definition) is 6. The summed E-state index contributed by atoms with van der Waals surface area (Å²) in [6.07, 6.45) is 0. The molecule has 0 N–H and O–H groups in total. The summed E-state index contributed by atoms with van der Waals surface area (Å²) in [5.41, 5.74) is 0.839. The van der Waals surface area contributed by atoms with Gasteiger partial charge in [0.15, 0.2) is 12.4 Å². The van der Waals surface area contributed by atoms with Gasteiger partial charge in [-0.3, -0.25) is 9.69 Å². The number of amides is 1. The largest absolute Gasteiger partial charge is 0.484 e. The zero-order valence-corrected chi connectivity index (χ0v) is 16.9. The van der Waals surface area contributed by atoms with Crippen molar-refractivity contribution in [1.82, 2.24) is 30.0 Å². The van der Waals surface area contributed by atoms with Crippen LogP contribution in [0.2, 0.25) is 5.02 Å². The highest BCUT2D eigenvalue weighted by Gasteiger charge is 2.23. The number of carbonyl (C=O) groups excluding carboxylic acids is 1. The van der Waals surface area contributed by atoms with Gasteiger partial charge in [0.1, 0.15) is 11.6 Å². The van der Waals surface area contributed by atoms with Crippen LogP contribution in [0.15, 0.2) is 48.5 Å². The topological polar surface area (TPSA) is 76.4 Å². The fourth-order valence-corrected chi connectivity index (χ4v) is 3.34. The molecule has 0 aliphatic carbocycles.